The van der Waals surface area contributed by atoms with E-state index in [9.17, 15) is 9.59 Å². The number of nitrogens with zero attached hydrogens (tertiary/aromatic N) is 2. The number of amides is 1. The lowest BCUT2D eigenvalue weighted by Gasteiger charge is -2.13. The highest BCUT2D eigenvalue weighted by Gasteiger charge is 2.12. The summed E-state index contributed by atoms with van der Waals surface area (Å²) < 4.78 is 1.82. The Kier molecular flexibility index (Phi) is 8.84. The quantitative estimate of drug-likeness (QED) is 0.190. The highest BCUT2D eigenvalue weighted by Crippen LogP contribution is 2.21. The van der Waals surface area contributed by atoms with Crippen LogP contribution < -0.4 is 27.2 Å². The van der Waals surface area contributed by atoms with Crippen LogP contribution in [0.1, 0.15) is 35.7 Å². The van der Waals surface area contributed by atoms with Crippen LogP contribution in [0, 0.1) is 0 Å². The average Bonchev–Trinajstić information content (AvgIpc) is 3.33. The molecule has 0 aliphatic rings. The standard InChI is InChI=1S/C28H35N7O2/c1-19(12-15-30-2)32-26(36)23-10-8-22(9-11-23)25-18-35-17-24(27(37)34-28(35)33-25)21-6-4-20(5-7-21)16-31-14-3-13-29/h4-11,17-19,30-31H,3,12-16,29H2,1-2H3,(H,32,36)(H,33,34,37). The molecule has 37 heavy (non-hydrogen) atoms. The number of H-pyrrole nitrogens is 1. The average molecular weight is 502 g/mol. The van der Waals surface area contributed by atoms with E-state index in [4.69, 9.17) is 5.73 Å². The smallest absolute Gasteiger partial charge is 0.260 e. The summed E-state index contributed by atoms with van der Waals surface area (Å²) >= 11 is 0. The number of nitrogens with one attached hydrogen (secondary N) is 4. The number of aromatic amines is 1. The van der Waals surface area contributed by atoms with Gasteiger partial charge in [-0.25, -0.2) is 4.98 Å². The van der Waals surface area contributed by atoms with Gasteiger partial charge in [0.25, 0.3) is 11.5 Å². The van der Waals surface area contributed by atoms with Crippen LogP contribution in [0.25, 0.3) is 28.2 Å². The van der Waals surface area contributed by atoms with E-state index in [2.05, 4.69) is 25.9 Å². The number of aromatic nitrogens is 3. The van der Waals surface area contributed by atoms with Crippen LogP contribution in [0.4, 0.5) is 0 Å². The fraction of sp³-hybridized carbons (Fsp3) is 0.321. The Morgan fingerprint density at radius 3 is 2.49 bits per heavy atom. The number of nitrogens with two attached hydrogens (primary N) is 1. The van der Waals surface area contributed by atoms with E-state index in [-0.39, 0.29) is 17.5 Å². The zero-order valence-corrected chi connectivity index (χ0v) is 21.4. The molecule has 9 nitrogen and oxygen atoms in total. The molecule has 0 spiro atoms. The minimum atomic E-state index is -0.196. The Balaban J connectivity index is 1.48. The van der Waals surface area contributed by atoms with Crippen molar-refractivity contribution >= 4 is 11.7 Å². The van der Waals surface area contributed by atoms with Gasteiger partial charge < -0.3 is 21.7 Å². The van der Waals surface area contributed by atoms with E-state index >= 15 is 0 Å². The van der Waals surface area contributed by atoms with E-state index in [0.29, 0.717) is 29.1 Å². The van der Waals surface area contributed by atoms with E-state index in [0.717, 1.165) is 49.2 Å². The lowest BCUT2D eigenvalue weighted by molar-refractivity contribution is 0.0938. The van der Waals surface area contributed by atoms with E-state index in [1.165, 1.54) is 0 Å². The number of rotatable bonds is 12. The topological polar surface area (TPSA) is 129 Å². The Labute approximate surface area is 216 Å². The SMILES string of the molecule is CNCCC(C)NC(=O)c1ccc(-c2cn3cc(-c4ccc(CNCCCN)cc4)c(=O)[nH]c3n2)cc1. The van der Waals surface area contributed by atoms with E-state index in [1.54, 1.807) is 18.3 Å². The molecule has 9 heteroatoms. The van der Waals surface area contributed by atoms with Crippen molar-refractivity contribution in [2.24, 2.45) is 5.73 Å². The maximum atomic E-state index is 12.8. The highest BCUT2D eigenvalue weighted by molar-refractivity contribution is 5.94. The predicted molar refractivity (Wildman–Crippen MR) is 148 cm³/mol. The summed E-state index contributed by atoms with van der Waals surface area (Å²) in [6.45, 7) is 5.15. The second-order valence-corrected chi connectivity index (χ2v) is 9.21. The van der Waals surface area contributed by atoms with Gasteiger partial charge in [-0.3, -0.25) is 19.0 Å². The minimum Gasteiger partial charge on any atom is -0.350 e. The van der Waals surface area contributed by atoms with Gasteiger partial charge in [-0.2, -0.15) is 0 Å². The molecule has 0 aliphatic heterocycles. The Morgan fingerprint density at radius 1 is 1.05 bits per heavy atom. The summed E-state index contributed by atoms with van der Waals surface area (Å²) in [4.78, 5) is 32.8. The molecule has 0 bridgehead atoms. The van der Waals surface area contributed by atoms with Crippen molar-refractivity contribution in [2.45, 2.75) is 32.4 Å². The van der Waals surface area contributed by atoms with Crippen LogP contribution in [-0.4, -0.2) is 53.0 Å². The predicted octanol–water partition coefficient (Wildman–Crippen LogP) is 2.52. The van der Waals surface area contributed by atoms with Crippen molar-refractivity contribution < 1.29 is 4.79 Å². The first-order valence-electron chi connectivity index (χ1n) is 12.7. The zero-order chi connectivity index (χ0) is 26.2. The molecule has 1 unspecified atom stereocenters. The molecule has 0 radical (unpaired) electrons. The molecule has 2 aromatic carbocycles. The normalized spacial score (nSPS) is 12.1. The van der Waals surface area contributed by atoms with Crippen molar-refractivity contribution in [3.05, 3.63) is 82.4 Å². The second kappa shape index (κ2) is 12.4. The van der Waals surface area contributed by atoms with Gasteiger partial charge in [0.15, 0.2) is 0 Å². The molecule has 1 amide bonds. The lowest BCUT2D eigenvalue weighted by atomic mass is 10.1. The van der Waals surface area contributed by atoms with Crippen LogP contribution >= 0.6 is 0 Å². The Morgan fingerprint density at radius 2 is 1.78 bits per heavy atom. The molecule has 6 N–H and O–H groups in total. The fourth-order valence-electron chi connectivity index (χ4n) is 4.09. The van der Waals surface area contributed by atoms with Crippen LogP contribution in [-0.2, 0) is 6.54 Å². The van der Waals surface area contributed by atoms with Gasteiger partial charge in [0, 0.05) is 36.1 Å². The van der Waals surface area contributed by atoms with Crippen molar-refractivity contribution in [2.75, 3.05) is 26.7 Å². The molecule has 1 atom stereocenters. The number of fused-ring (bicyclic) bond motifs is 1. The molecule has 2 aromatic heterocycles. The summed E-state index contributed by atoms with van der Waals surface area (Å²) in [5.41, 5.74) is 10.0. The Bertz CT molecular complexity index is 1370. The summed E-state index contributed by atoms with van der Waals surface area (Å²) in [6.07, 6.45) is 5.47. The summed E-state index contributed by atoms with van der Waals surface area (Å²) in [7, 11) is 1.89. The van der Waals surface area contributed by atoms with Crippen LogP contribution in [0.2, 0.25) is 0 Å². The molecule has 2 heterocycles. The molecule has 0 aliphatic carbocycles. The minimum absolute atomic E-state index is 0.0817. The first kappa shape index (κ1) is 26.3. The summed E-state index contributed by atoms with van der Waals surface area (Å²) in [5.74, 6) is 0.362. The monoisotopic (exact) mass is 501 g/mol. The number of carbonyl (C=O) groups excluding carboxylic acids is 1. The third-order valence-electron chi connectivity index (χ3n) is 6.27. The lowest BCUT2D eigenvalue weighted by Crippen LogP contribution is -2.34. The highest BCUT2D eigenvalue weighted by atomic mass is 16.1. The molecular weight excluding hydrogens is 466 g/mol. The Hall–Kier alpha value is -3.79. The number of carbonyl (C=O) groups is 1. The molecule has 0 fully saturated rings. The number of imidazole rings is 1. The van der Waals surface area contributed by atoms with Gasteiger partial charge in [0.2, 0.25) is 5.78 Å². The van der Waals surface area contributed by atoms with Gasteiger partial charge in [0.05, 0.1) is 11.3 Å². The molecule has 4 aromatic rings. The van der Waals surface area contributed by atoms with Gasteiger partial charge in [-0.05, 0) is 69.7 Å². The largest absolute Gasteiger partial charge is 0.350 e. The first-order chi connectivity index (χ1) is 18.0. The summed E-state index contributed by atoms with van der Waals surface area (Å²) in [5, 5.41) is 9.46. The van der Waals surface area contributed by atoms with Crippen LogP contribution in [0.5, 0.6) is 0 Å². The van der Waals surface area contributed by atoms with Gasteiger partial charge in [-0.1, -0.05) is 36.4 Å². The van der Waals surface area contributed by atoms with Crippen molar-refractivity contribution in [1.82, 2.24) is 30.3 Å². The number of benzene rings is 2. The number of hydrogen-bond donors (Lipinski definition) is 5. The molecule has 0 saturated carbocycles. The third-order valence-corrected chi connectivity index (χ3v) is 6.27. The molecule has 0 saturated heterocycles. The van der Waals surface area contributed by atoms with Gasteiger partial charge >= 0.3 is 0 Å². The zero-order valence-electron chi connectivity index (χ0n) is 21.4. The summed E-state index contributed by atoms with van der Waals surface area (Å²) in [6, 6.07) is 15.4. The molecular formula is C28H35N7O2. The van der Waals surface area contributed by atoms with Crippen LogP contribution in [0.15, 0.2) is 65.7 Å². The maximum absolute atomic E-state index is 12.8. The van der Waals surface area contributed by atoms with Crippen molar-refractivity contribution in [3.63, 3.8) is 0 Å². The van der Waals surface area contributed by atoms with Crippen molar-refractivity contribution in [3.8, 4) is 22.4 Å². The second-order valence-electron chi connectivity index (χ2n) is 9.21. The maximum Gasteiger partial charge on any atom is 0.260 e. The van der Waals surface area contributed by atoms with Gasteiger partial charge in [-0.15, -0.1) is 0 Å². The first-order valence-corrected chi connectivity index (χ1v) is 12.7. The third kappa shape index (κ3) is 6.71. The van der Waals surface area contributed by atoms with Crippen molar-refractivity contribution in [1.29, 1.82) is 0 Å². The van der Waals surface area contributed by atoms with E-state index in [1.807, 2.05) is 61.0 Å². The fourth-order valence-corrected chi connectivity index (χ4v) is 4.09. The number of hydrogen-bond acceptors (Lipinski definition) is 6. The molecule has 4 rings (SSSR count). The molecule has 194 valence electrons. The van der Waals surface area contributed by atoms with Gasteiger partial charge in [0.1, 0.15) is 0 Å². The van der Waals surface area contributed by atoms with E-state index < -0.39 is 0 Å². The van der Waals surface area contributed by atoms with Crippen LogP contribution in [0.3, 0.4) is 0 Å².